The fourth-order valence-corrected chi connectivity index (χ4v) is 4.22. The fraction of sp³-hybridized carbons (Fsp3) is 0.474. The first-order chi connectivity index (χ1) is 10.6. The number of hydrogen-bond donors (Lipinski definition) is 0. The molecule has 0 aliphatic heterocycles. The molecule has 0 saturated heterocycles. The van der Waals surface area contributed by atoms with E-state index in [1.165, 1.54) is 7.11 Å². The average molecular weight is 298 g/mol. The number of ether oxygens (including phenoxy) is 1. The van der Waals surface area contributed by atoms with Crippen molar-refractivity contribution >= 4 is 11.8 Å². The quantitative estimate of drug-likeness (QED) is 0.485. The van der Waals surface area contributed by atoms with E-state index in [1.807, 2.05) is 37.3 Å². The van der Waals surface area contributed by atoms with E-state index in [1.54, 1.807) is 0 Å². The summed E-state index contributed by atoms with van der Waals surface area (Å²) < 4.78 is 5.02. The molecule has 1 aromatic rings. The Morgan fingerprint density at radius 3 is 2.32 bits per heavy atom. The Hall–Kier alpha value is -1.90. The predicted molar refractivity (Wildman–Crippen MR) is 84.3 cm³/mol. The number of hydrogen-bond acceptors (Lipinski definition) is 3. The van der Waals surface area contributed by atoms with Crippen molar-refractivity contribution < 1.29 is 14.3 Å². The number of ketones is 1. The van der Waals surface area contributed by atoms with Crippen LogP contribution in [0, 0.1) is 29.6 Å². The minimum Gasteiger partial charge on any atom is -0.469 e. The van der Waals surface area contributed by atoms with Gasteiger partial charge in [-0.05, 0) is 30.6 Å². The predicted octanol–water partition coefficient (Wildman–Crippen LogP) is 3.51. The first-order valence-electron chi connectivity index (χ1n) is 7.99. The largest absolute Gasteiger partial charge is 0.469 e. The van der Waals surface area contributed by atoms with Gasteiger partial charge in [-0.25, -0.2) is 0 Å². The van der Waals surface area contributed by atoms with Crippen molar-refractivity contribution in [3.05, 3.63) is 48.0 Å². The van der Waals surface area contributed by atoms with Gasteiger partial charge in [-0.2, -0.15) is 0 Å². The van der Waals surface area contributed by atoms with Crippen LogP contribution >= 0.6 is 0 Å². The first kappa shape index (κ1) is 15.0. The monoisotopic (exact) mass is 298 g/mol. The van der Waals surface area contributed by atoms with Gasteiger partial charge < -0.3 is 4.74 Å². The highest BCUT2D eigenvalue weighted by Crippen LogP contribution is 2.48. The van der Waals surface area contributed by atoms with Crippen LogP contribution in [-0.4, -0.2) is 18.9 Å². The normalized spacial score (nSPS) is 30.8. The molecule has 22 heavy (non-hydrogen) atoms. The van der Waals surface area contributed by atoms with Gasteiger partial charge in [-0.15, -0.1) is 0 Å². The highest BCUT2D eigenvalue weighted by molar-refractivity contribution is 5.98. The number of carbonyl (C=O) groups is 2. The molecule has 1 saturated carbocycles. The van der Waals surface area contributed by atoms with Gasteiger partial charge in [0.1, 0.15) is 0 Å². The minimum absolute atomic E-state index is 0.0453. The molecule has 116 valence electrons. The third-order valence-corrected chi connectivity index (χ3v) is 5.33. The van der Waals surface area contributed by atoms with E-state index < -0.39 is 0 Å². The topological polar surface area (TPSA) is 43.4 Å². The zero-order valence-corrected chi connectivity index (χ0v) is 13.1. The Labute approximate surface area is 131 Å². The Bertz CT molecular complexity index is 590. The first-order valence-corrected chi connectivity index (χ1v) is 7.99. The Balaban J connectivity index is 1.89. The molecule has 3 aliphatic carbocycles. The van der Waals surface area contributed by atoms with E-state index in [9.17, 15) is 9.59 Å². The van der Waals surface area contributed by atoms with Crippen molar-refractivity contribution in [2.24, 2.45) is 29.6 Å². The maximum atomic E-state index is 12.8. The van der Waals surface area contributed by atoms with Crippen LogP contribution in [0.25, 0.3) is 0 Å². The molecule has 4 rings (SSSR count). The van der Waals surface area contributed by atoms with Gasteiger partial charge in [0.15, 0.2) is 5.78 Å². The van der Waals surface area contributed by atoms with E-state index in [0.29, 0.717) is 5.92 Å². The van der Waals surface area contributed by atoms with E-state index in [4.69, 9.17) is 4.74 Å². The molecule has 0 unspecified atom stereocenters. The maximum Gasteiger partial charge on any atom is 0.309 e. The smallest absolute Gasteiger partial charge is 0.309 e. The average Bonchev–Trinajstić information content (AvgIpc) is 2.60. The summed E-state index contributed by atoms with van der Waals surface area (Å²) in [6.07, 6.45) is 6.43. The number of fused-ring (bicyclic) bond motifs is 2. The van der Waals surface area contributed by atoms with Crippen LogP contribution in [0.2, 0.25) is 0 Å². The van der Waals surface area contributed by atoms with Crippen molar-refractivity contribution in [3.8, 4) is 0 Å². The molecule has 0 spiro atoms. The number of carbonyl (C=O) groups excluding carboxylic acids is 2. The molecule has 3 aliphatic rings. The molecule has 0 amide bonds. The summed E-state index contributed by atoms with van der Waals surface area (Å²) in [6.45, 7) is 1.96. The zero-order chi connectivity index (χ0) is 15.7. The van der Waals surface area contributed by atoms with Gasteiger partial charge in [0, 0.05) is 11.5 Å². The molecule has 5 atom stereocenters. The third-order valence-electron chi connectivity index (χ3n) is 5.33. The Morgan fingerprint density at radius 1 is 1.09 bits per heavy atom. The lowest BCUT2D eigenvalue weighted by Gasteiger charge is -2.45. The van der Waals surface area contributed by atoms with E-state index in [2.05, 4.69) is 12.2 Å². The summed E-state index contributed by atoms with van der Waals surface area (Å²) in [7, 11) is 1.44. The van der Waals surface area contributed by atoms with Crippen LogP contribution in [0.3, 0.4) is 0 Å². The van der Waals surface area contributed by atoms with Crippen LogP contribution in [-0.2, 0) is 9.53 Å². The molecule has 1 fully saturated rings. The number of rotatable bonds is 4. The Morgan fingerprint density at radius 2 is 1.73 bits per heavy atom. The molecular weight excluding hydrogens is 276 g/mol. The molecule has 0 aromatic heterocycles. The zero-order valence-electron chi connectivity index (χ0n) is 13.1. The minimum atomic E-state index is -0.184. The van der Waals surface area contributed by atoms with Gasteiger partial charge >= 0.3 is 5.97 Å². The van der Waals surface area contributed by atoms with Gasteiger partial charge in [-0.1, -0.05) is 49.4 Å². The molecule has 3 heteroatoms. The van der Waals surface area contributed by atoms with Gasteiger partial charge in [0.05, 0.1) is 13.0 Å². The van der Waals surface area contributed by atoms with Gasteiger partial charge in [-0.3, -0.25) is 9.59 Å². The van der Waals surface area contributed by atoms with E-state index in [0.717, 1.165) is 18.4 Å². The van der Waals surface area contributed by atoms with E-state index >= 15 is 0 Å². The molecule has 2 bridgehead atoms. The second-order valence-electron chi connectivity index (χ2n) is 6.44. The summed E-state index contributed by atoms with van der Waals surface area (Å²) >= 11 is 0. The van der Waals surface area contributed by atoms with Crippen molar-refractivity contribution in [1.29, 1.82) is 0 Å². The Kier molecular flexibility index (Phi) is 4.14. The number of methoxy groups -OCH3 is 1. The summed E-state index contributed by atoms with van der Waals surface area (Å²) in [6, 6.07) is 9.37. The third kappa shape index (κ3) is 2.49. The SMILES string of the molecule is COC(=O)[C@H]1[C@H]([C@H](C)C(=O)c2ccccc2)[C@@H]2C=C[C@H]1CC2. The second-order valence-corrected chi connectivity index (χ2v) is 6.44. The van der Waals surface area contributed by atoms with Crippen molar-refractivity contribution in [3.63, 3.8) is 0 Å². The second kappa shape index (κ2) is 6.07. The van der Waals surface area contributed by atoms with Crippen LogP contribution in [0.4, 0.5) is 0 Å². The molecule has 0 radical (unpaired) electrons. The summed E-state index contributed by atoms with van der Waals surface area (Å²) in [5.41, 5.74) is 0.726. The standard InChI is InChI=1S/C19H22O3/c1-12(18(20)15-6-4-3-5-7-15)16-13-8-10-14(11-9-13)17(16)19(21)22-2/h3-8,10,12-14,16-17H,9,11H2,1-2H3/t12-,13+,14-,16+,17+/m0/s1. The van der Waals surface area contributed by atoms with Crippen LogP contribution in [0.15, 0.2) is 42.5 Å². The highest BCUT2D eigenvalue weighted by atomic mass is 16.5. The maximum absolute atomic E-state index is 12.8. The summed E-state index contributed by atoms with van der Waals surface area (Å²) in [5, 5.41) is 0. The van der Waals surface area contributed by atoms with Crippen molar-refractivity contribution in [2.45, 2.75) is 19.8 Å². The highest BCUT2D eigenvalue weighted by Gasteiger charge is 2.48. The van der Waals surface area contributed by atoms with Crippen molar-refractivity contribution in [2.75, 3.05) is 7.11 Å². The van der Waals surface area contributed by atoms with Crippen LogP contribution < -0.4 is 0 Å². The molecular formula is C19H22O3. The lowest BCUT2D eigenvalue weighted by molar-refractivity contribution is -0.152. The molecule has 1 aromatic carbocycles. The van der Waals surface area contributed by atoms with Crippen molar-refractivity contribution in [1.82, 2.24) is 0 Å². The number of allylic oxidation sites excluding steroid dienone is 2. The lowest BCUT2D eigenvalue weighted by atomic mass is 9.58. The fourth-order valence-electron chi connectivity index (χ4n) is 4.22. The molecule has 3 nitrogen and oxygen atoms in total. The molecule has 0 N–H and O–H groups in total. The number of Topliss-reactive ketones (excluding diaryl/α,β-unsaturated/α-hetero) is 1. The van der Waals surface area contributed by atoms with Crippen LogP contribution in [0.1, 0.15) is 30.1 Å². The molecule has 0 heterocycles. The summed E-state index contributed by atoms with van der Waals surface area (Å²) in [4.78, 5) is 25.1. The number of esters is 1. The van der Waals surface area contributed by atoms with Gasteiger partial charge in [0.2, 0.25) is 0 Å². The summed E-state index contributed by atoms with van der Waals surface area (Å²) in [5.74, 6) is 0.159. The lowest BCUT2D eigenvalue weighted by Crippen LogP contribution is -2.46. The number of benzene rings is 1. The van der Waals surface area contributed by atoms with E-state index in [-0.39, 0.29) is 35.4 Å². The van der Waals surface area contributed by atoms with Gasteiger partial charge in [0.25, 0.3) is 0 Å². The van der Waals surface area contributed by atoms with Crippen LogP contribution in [0.5, 0.6) is 0 Å².